The van der Waals surface area contributed by atoms with Crippen molar-refractivity contribution in [3.05, 3.63) is 29.8 Å². The van der Waals surface area contributed by atoms with Crippen LogP contribution in [0.25, 0.3) is 0 Å². The van der Waals surface area contributed by atoms with Crippen molar-refractivity contribution < 1.29 is 14.7 Å². The van der Waals surface area contributed by atoms with Crippen molar-refractivity contribution in [2.75, 3.05) is 18.5 Å². The van der Waals surface area contributed by atoms with Crippen molar-refractivity contribution in [1.29, 1.82) is 0 Å². The van der Waals surface area contributed by atoms with Gasteiger partial charge in [0.25, 0.3) is 5.91 Å². The number of carbonyl (C=O) groups is 2. The SMILES string of the molecule is CCCC(CCO)CNC(=O)c1cccc(NC(=O)CC)c1. The van der Waals surface area contributed by atoms with Crippen LogP contribution in [0.15, 0.2) is 24.3 Å². The molecule has 0 fully saturated rings. The van der Waals surface area contributed by atoms with E-state index in [2.05, 4.69) is 17.6 Å². The van der Waals surface area contributed by atoms with E-state index in [-0.39, 0.29) is 18.4 Å². The maximum absolute atomic E-state index is 12.2. The number of nitrogens with one attached hydrogen (secondary N) is 2. The van der Waals surface area contributed by atoms with Crippen LogP contribution in [0.4, 0.5) is 5.69 Å². The molecule has 1 aromatic rings. The molecule has 122 valence electrons. The van der Waals surface area contributed by atoms with E-state index in [0.717, 1.165) is 12.8 Å². The number of hydrogen-bond acceptors (Lipinski definition) is 3. The number of rotatable bonds is 9. The van der Waals surface area contributed by atoms with Gasteiger partial charge in [0.05, 0.1) is 0 Å². The summed E-state index contributed by atoms with van der Waals surface area (Å²) in [4.78, 5) is 23.6. The minimum atomic E-state index is -0.161. The molecule has 0 saturated heterocycles. The fourth-order valence-electron chi connectivity index (χ4n) is 2.27. The highest BCUT2D eigenvalue weighted by atomic mass is 16.3. The van der Waals surface area contributed by atoms with Gasteiger partial charge in [0, 0.05) is 30.8 Å². The average Bonchev–Trinajstić information content (AvgIpc) is 2.52. The molecule has 1 aromatic carbocycles. The van der Waals surface area contributed by atoms with Crippen LogP contribution in [0.5, 0.6) is 0 Å². The maximum Gasteiger partial charge on any atom is 0.251 e. The van der Waals surface area contributed by atoms with E-state index in [1.807, 2.05) is 0 Å². The van der Waals surface area contributed by atoms with Crippen LogP contribution in [0.3, 0.4) is 0 Å². The van der Waals surface area contributed by atoms with Gasteiger partial charge in [0.15, 0.2) is 0 Å². The first-order valence-electron chi connectivity index (χ1n) is 7.89. The van der Waals surface area contributed by atoms with Crippen LogP contribution in [0.1, 0.15) is 49.9 Å². The Morgan fingerprint density at radius 3 is 2.64 bits per heavy atom. The van der Waals surface area contributed by atoms with Gasteiger partial charge < -0.3 is 15.7 Å². The van der Waals surface area contributed by atoms with E-state index < -0.39 is 0 Å². The Bertz CT molecular complexity index is 483. The van der Waals surface area contributed by atoms with E-state index in [4.69, 9.17) is 5.11 Å². The molecule has 0 heterocycles. The van der Waals surface area contributed by atoms with Gasteiger partial charge in [-0.1, -0.05) is 26.3 Å². The quantitative estimate of drug-likeness (QED) is 0.656. The lowest BCUT2D eigenvalue weighted by molar-refractivity contribution is -0.115. The normalized spacial score (nSPS) is 11.8. The van der Waals surface area contributed by atoms with Crippen LogP contribution < -0.4 is 10.6 Å². The summed E-state index contributed by atoms with van der Waals surface area (Å²) in [6.07, 6.45) is 3.10. The fraction of sp³-hybridized carbons (Fsp3) is 0.529. The van der Waals surface area contributed by atoms with Gasteiger partial charge in [-0.3, -0.25) is 9.59 Å². The Morgan fingerprint density at radius 1 is 1.23 bits per heavy atom. The largest absolute Gasteiger partial charge is 0.396 e. The van der Waals surface area contributed by atoms with Crippen LogP contribution in [-0.2, 0) is 4.79 Å². The lowest BCUT2D eigenvalue weighted by Crippen LogP contribution is -2.29. The Kier molecular flexibility index (Phi) is 8.22. The first-order chi connectivity index (χ1) is 10.6. The Balaban J connectivity index is 2.61. The smallest absolute Gasteiger partial charge is 0.251 e. The molecule has 0 bridgehead atoms. The summed E-state index contributed by atoms with van der Waals surface area (Å²) < 4.78 is 0. The molecule has 3 N–H and O–H groups in total. The van der Waals surface area contributed by atoms with Gasteiger partial charge in [-0.05, 0) is 37.0 Å². The second-order valence-corrected chi connectivity index (χ2v) is 5.36. The predicted molar refractivity (Wildman–Crippen MR) is 87.8 cm³/mol. The molecule has 0 aliphatic heterocycles. The van der Waals surface area contributed by atoms with Crippen molar-refractivity contribution >= 4 is 17.5 Å². The number of aliphatic hydroxyl groups excluding tert-OH is 1. The minimum absolute atomic E-state index is 0.0801. The van der Waals surface area contributed by atoms with Crippen molar-refractivity contribution in [3.8, 4) is 0 Å². The summed E-state index contributed by atoms with van der Waals surface area (Å²) in [5.74, 6) is 0.0529. The van der Waals surface area contributed by atoms with E-state index in [0.29, 0.717) is 36.6 Å². The number of amides is 2. The average molecular weight is 306 g/mol. The van der Waals surface area contributed by atoms with Crippen molar-refractivity contribution in [1.82, 2.24) is 5.32 Å². The zero-order valence-corrected chi connectivity index (χ0v) is 13.4. The Labute approximate surface area is 132 Å². The molecule has 5 heteroatoms. The summed E-state index contributed by atoms with van der Waals surface area (Å²) in [6.45, 7) is 4.56. The molecule has 22 heavy (non-hydrogen) atoms. The topological polar surface area (TPSA) is 78.4 Å². The molecular formula is C17H26N2O3. The molecule has 1 rings (SSSR count). The molecule has 1 atom stereocenters. The molecule has 0 aliphatic carbocycles. The molecule has 0 aliphatic rings. The van der Waals surface area contributed by atoms with E-state index in [9.17, 15) is 9.59 Å². The Morgan fingerprint density at radius 2 is 2.00 bits per heavy atom. The second kappa shape index (κ2) is 9.95. The third kappa shape index (κ3) is 6.26. The number of benzene rings is 1. The summed E-state index contributed by atoms with van der Waals surface area (Å²) in [6, 6.07) is 6.90. The van der Waals surface area contributed by atoms with E-state index >= 15 is 0 Å². The third-order valence-electron chi connectivity index (χ3n) is 3.52. The predicted octanol–water partition coefficient (Wildman–Crippen LogP) is 2.56. The first-order valence-corrected chi connectivity index (χ1v) is 7.89. The zero-order chi connectivity index (χ0) is 16.4. The van der Waals surface area contributed by atoms with Crippen molar-refractivity contribution in [3.63, 3.8) is 0 Å². The second-order valence-electron chi connectivity index (χ2n) is 5.36. The molecular weight excluding hydrogens is 280 g/mol. The van der Waals surface area contributed by atoms with Crippen LogP contribution in [-0.4, -0.2) is 30.1 Å². The number of anilines is 1. The van der Waals surface area contributed by atoms with Gasteiger partial charge in [0.1, 0.15) is 0 Å². The fourth-order valence-corrected chi connectivity index (χ4v) is 2.27. The van der Waals surface area contributed by atoms with Gasteiger partial charge in [-0.15, -0.1) is 0 Å². The lowest BCUT2D eigenvalue weighted by Gasteiger charge is -2.16. The van der Waals surface area contributed by atoms with Gasteiger partial charge in [0.2, 0.25) is 5.91 Å². The van der Waals surface area contributed by atoms with Crippen molar-refractivity contribution in [2.24, 2.45) is 5.92 Å². The number of carbonyl (C=O) groups excluding carboxylic acids is 2. The lowest BCUT2D eigenvalue weighted by atomic mass is 10.00. The monoisotopic (exact) mass is 306 g/mol. The number of hydrogen-bond donors (Lipinski definition) is 3. The molecule has 0 saturated carbocycles. The third-order valence-corrected chi connectivity index (χ3v) is 3.52. The molecule has 5 nitrogen and oxygen atoms in total. The van der Waals surface area contributed by atoms with Gasteiger partial charge in [-0.2, -0.15) is 0 Å². The van der Waals surface area contributed by atoms with Gasteiger partial charge in [-0.25, -0.2) is 0 Å². The highest BCUT2D eigenvalue weighted by Gasteiger charge is 2.11. The van der Waals surface area contributed by atoms with E-state index in [1.54, 1.807) is 31.2 Å². The standard InChI is InChI=1S/C17H26N2O3/c1-3-6-13(9-10-20)12-18-17(22)14-7-5-8-15(11-14)19-16(21)4-2/h5,7-8,11,13,20H,3-4,6,9-10,12H2,1-2H3,(H,18,22)(H,19,21). The summed E-state index contributed by atoms with van der Waals surface area (Å²) in [5, 5.41) is 14.7. The highest BCUT2D eigenvalue weighted by molar-refractivity contribution is 5.97. The maximum atomic E-state index is 12.2. The van der Waals surface area contributed by atoms with Crippen LogP contribution >= 0.6 is 0 Å². The highest BCUT2D eigenvalue weighted by Crippen LogP contribution is 2.13. The minimum Gasteiger partial charge on any atom is -0.396 e. The number of aliphatic hydroxyl groups is 1. The zero-order valence-electron chi connectivity index (χ0n) is 13.4. The molecule has 0 aromatic heterocycles. The van der Waals surface area contributed by atoms with Crippen LogP contribution in [0, 0.1) is 5.92 Å². The first kappa shape index (κ1) is 18.2. The summed E-state index contributed by atoms with van der Waals surface area (Å²) >= 11 is 0. The molecule has 0 spiro atoms. The summed E-state index contributed by atoms with van der Waals surface area (Å²) in [7, 11) is 0. The van der Waals surface area contributed by atoms with Crippen LogP contribution in [0.2, 0.25) is 0 Å². The van der Waals surface area contributed by atoms with Gasteiger partial charge >= 0.3 is 0 Å². The molecule has 1 unspecified atom stereocenters. The van der Waals surface area contributed by atoms with Crippen molar-refractivity contribution in [2.45, 2.75) is 39.5 Å². The Hall–Kier alpha value is -1.88. The van der Waals surface area contributed by atoms with E-state index in [1.165, 1.54) is 0 Å². The summed E-state index contributed by atoms with van der Waals surface area (Å²) in [5.41, 5.74) is 1.15. The molecule has 0 radical (unpaired) electrons. The molecule has 2 amide bonds.